The standard InChI is InChI=1S/C27H25N5O/c28-17-21-10-8-20(9-11-21)16-26(25-18-29-19-30-25)31-12-14-32(15-13-31)27(33)24-7-3-5-22-4-1-2-6-23(22)24/h1-11,18-19,26H,12-16H2,(H,29,30). The van der Waals surface area contributed by atoms with Gasteiger partial charge in [0.1, 0.15) is 0 Å². The minimum Gasteiger partial charge on any atom is -0.347 e. The number of carbonyl (C=O) groups is 1. The molecule has 3 aromatic carbocycles. The lowest BCUT2D eigenvalue weighted by Gasteiger charge is -2.39. The lowest BCUT2D eigenvalue weighted by Crippen LogP contribution is -2.50. The van der Waals surface area contributed by atoms with Gasteiger partial charge in [-0.15, -0.1) is 0 Å². The van der Waals surface area contributed by atoms with Crippen molar-refractivity contribution in [2.24, 2.45) is 0 Å². The summed E-state index contributed by atoms with van der Waals surface area (Å²) in [5, 5.41) is 11.2. The number of hydrogen-bond donors (Lipinski definition) is 1. The number of hydrogen-bond acceptors (Lipinski definition) is 4. The van der Waals surface area contributed by atoms with Crippen LogP contribution < -0.4 is 0 Å². The molecule has 1 saturated heterocycles. The first-order valence-electron chi connectivity index (χ1n) is 11.2. The number of amides is 1. The number of carbonyl (C=O) groups excluding carboxylic acids is 1. The quantitative estimate of drug-likeness (QED) is 0.510. The Morgan fingerprint density at radius 2 is 1.76 bits per heavy atom. The van der Waals surface area contributed by atoms with E-state index in [2.05, 4.69) is 20.9 Å². The minimum absolute atomic E-state index is 0.0941. The summed E-state index contributed by atoms with van der Waals surface area (Å²) in [6, 6.07) is 24.0. The van der Waals surface area contributed by atoms with Crippen LogP contribution in [0.15, 0.2) is 79.3 Å². The summed E-state index contributed by atoms with van der Waals surface area (Å²) >= 11 is 0. The molecule has 1 aliphatic heterocycles. The molecule has 1 atom stereocenters. The smallest absolute Gasteiger partial charge is 0.254 e. The van der Waals surface area contributed by atoms with Crippen molar-refractivity contribution in [1.29, 1.82) is 5.26 Å². The molecule has 0 saturated carbocycles. The fourth-order valence-electron chi connectivity index (χ4n) is 4.64. The molecular formula is C27H25N5O. The Labute approximate surface area is 193 Å². The van der Waals surface area contributed by atoms with Crippen molar-refractivity contribution >= 4 is 16.7 Å². The summed E-state index contributed by atoms with van der Waals surface area (Å²) in [6.07, 6.45) is 4.40. The average molecular weight is 436 g/mol. The zero-order valence-electron chi connectivity index (χ0n) is 18.3. The van der Waals surface area contributed by atoms with Crippen LogP contribution in [0.5, 0.6) is 0 Å². The van der Waals surface area contributed by atoms with E-state index in [1.807, 2.05) is 77.8 Å². The first-order chi connectivity index (χ1) is 16.2. The van der Waals surface area contributed by atoms with E-state index in [0.717, 1.165) is 41.5 Å². The Hall–Kier alpha value is -3.95. The maximum atomic E-state index is 13.3. The number of nitrogens with zero attached hydrogens (tertiary/aromatic N) is 4. The van der Waals surface area contributed by atoms with Crippen LogP contribution in [0.3, 0.4) is 0 Å². The topological polar surface area (TPSA) is 76.0 Å². The minimum atomic E-state index is 0.0941. The summed E-state index contributed by atoms with van der Waals surface area (Å²) < 4.78 is 0. The first kappa shape index (κ1) is 20.9. The van der Waals surface area contributed by atoms with Crippen LogP contribution in [-0.4, -0.2) is 51.9 Å². The van der Waals surface area contributed by atoms with Crippen LogP contribution in [0.1, 0.15) is 33.2 Å². The van der Waals surface area contributed by atoms with Gasteiger partial charge in [0, 0.05) is 37.9 Å². The van der Waals surface area contributed by atoms with Crippen molar-refractivity contribution in [2.75, 3.05) is 26.2 Å². The third-order valence-electron chi connectivity index (χ3n) is 6.45. The summed E-state index contributed by atoms with van der Waals surface area (Å²) in [4.78, 5) is 25.2. The predicted molar refractivity (Wildman–Crippen MR) is 128 cm³/mol. The maximum absolute atomic E-state index is 13.3. The Morgan fingerprint density at radius 3 is 2.48 bits per heavy atom. The van der Waals surface area contributed by atoms with Crippen LogP contribution in [0, 0.1) is 11.3 Å². The highest BCUT2D eigenvalue weighted by molar-refractivity contribution is 6.07. The number of piperazine rings is 1. The second kappa shape index (κ2) is 9.27. The number of H-pyrrole nitrogens is 1. The molecule has 1 amide bonds. The summed E-state index contributed by atoms with van der Waals surface area (Å²) in [5.74, 6) is 0.0941. The van der Waals surface area contributed by atoms with Crippen molar-refractivity contribution in [3.05, 3.63) is 102 Å². The van der Waals surface area contributed by atoms with Crippen molar-refractivity contribution < 1.29 is 4.79 Å². The summed E-state index contributed by atoms with van der Waals surface area (Å²) in [5.41, 5.74) is 3.66. The molecule has 1 N–H and O–H groups in total. The fraction of sp³-hybridized carbons (Fsp3) is 0.222. The van der Waals surface area contributed by atoms with Crippen molar-refractivity contribution in [3.63, 3.8) is 0 Å². The largest absolute Gasteiger partial charge is 0.347 e. The molecule has 6 nitrogen and oxygen atoms in total. The van der Waals surface area contributed by atoms with E-state index in [-0.39, 0.29) is 11.9 Å². The maximum Gasteiger partial charge on any atom is 0.254 e. The van der Waals surface area contributed by atoms with Gasteiger partial charge in [0.25, 0.3) is 5.91 Å². The third-order valence-corrected chi connectivity index (χ3v) is 6.45. The zero-order chi connectivity index (χ0) is 22.6. The van der Waals surface area contributed by atoms with E-state index < -0.39 is 0 Å². The molecule has 6 heteroatoms. The SMILES string of the molecule is N#Cc1ccc(CC(c2cnc[nH]2)N2CCN(C(=O)c3cccc4ccccc34)CC2)cc1. The number of nitrogens with one attached hydrogen (secondary N) is 1. The molecule has 33 heavy (non-hydrogen) atoms. The average Bonchev–Trinajstić information content (AvgIpc) is 3.42. The van der Waals surface area contributed by atoms with Crippen molar-refractivity contribution in [3.8, 4) is 6.07 Å². The van der Waals surface area contributed by atoms with Crippen LogP contribution in [-0.2, 0) is 6.42 Å². The van der Waals surface area contributed by atoms with Gasteiger partial charge in [-0.3, -0.25) is 9.69 Å². The van der Waals surface area contributed by atoms with E-state index in [0.29, 0.717) is 18.7 Å². The molecule has 2 heterocycles. The number of fused-ring (bicyclic) bond motifs is 1. The number of aromatic amines is 1. The number of nitriles is 1. The van der Waals surface area contributed by atoms with Crippen LogP contribution in [0.2, 0.25) is 0 Å². The van der Waals surface area contributed by atoms with Gasteiger partial charge in [0.15, 0.2) is 0 Å². The lowest BCUT2D eigenvalue weighted by atomic mass is 10.00. The molecule has 164 valence electrons. The molecule has 1 aliphatic rings. The third kappa shape index (κ3) is 4.36. The van der Waals surface area contributed by atoms with Gasteiger partial charge < -0.3 is 9.88 Å². The molecule has 4 aromatic rings. The monoisotopic (exact) mass is 435 g/mol. The van der Waals surface area contributed by atoms with Gasteiger partial charge in [0.05, 0.1) is 29.7 Å². The molecule has 0 spiro atoms. The first-order valence-corrected chi connectivity index (χ1v) is 11.2. The second-order valence-electron chi connectivity index (χ2n) is 8.39. The highest BCUT2D eigenvalue weighted by atomic mass is 16.2. The Morgan fingerprint density at radius 1 is 1.00 bits per heavy atom. The van der Waals surface area contributed by atoms with Crippen LogP contribution in [0.25, 0.3) is 10.8 Å². The number of aromatic nitrogens is 2. The second-order valence-corrected chi connectivity index (χ2v) is 8.39. The van der Waals surface area contributed by atoms with E-state index in [1.165, 1.54) is 5.56 Å². The van der Waals surface area contributed by atoms with Crippen LogP contribution in [0.4, 0.5) is 0 Å². The lowest BCUT2D eigenvalue weighted by molar-refractivity contribution is 0.0564. The van der Waals surface area contributed by atoms with Gasteiger partial charge in [0.2, 0.25) is 0 Å². The van der Waals surface area contributed by atoms with Gasteiger partial charge in [-0.05, 0) is 41.0 Å². The number of benzene rings is 3. The zero-order valence-corrected chi connectivity index (χ0v) is 18.3. The Bertz CT molecular complexity index is 1280. The van der Waals surface area contributed by atoms with E-state index in [1.54, 1.807) is 6.33 Å². The van der Waals surface area contributed by atoms with Crippen LogP contribution >= 0.6 is 0 Å². The van der Waals surface area contributed by atoms with Crippen molar-refractivity contribution in [1.82, 2.24) is 19.8 Å². The fourth-order valence-corrected chi connectivity index (χ4v) is 4.64. The molecule has 0 radical (unpaired) electrons. The summed E-state index contributed by atoms with van der Waals surface area (Å²) in [7, 11) is 0. The number of imidazole rings is 1. The normalized spacial score (nSPS) is 15.3. The Balaban J connectivity index is 1.31. The van der Waals surface area contributed by atoms with E-state index in [4.69, 9.17) is 5.26 Å². The van der Waals surface area contributed by atoms with Gasteiger partial charge in [-0.25, -0.2) is 4.98 Å². The molecule has 1 fully saturated rings. The van der Waals surface area contributed by atoms with E-state index in [9.17, 15) is 4.79 Å². The predicted octanol–water partition coefficient (Wildman–Crippen LogP) is 4.18. The van der Waals surface area contributed by atoms with Gasteiger partial charge in [-0.2, -0.15) is 5.26 Å². The van der Waals surface area contributed by atoms with E-state index >= 15 is 0 Å². The highest BCUT2D eigenvalue weighted by Gasteiger charge is 2.29. The van der Waals surface area contributed by atoms with Gasteiger partial charge >= 0.3 is 0 Å². The molecule has 0 aliphatic carbocycles. The highest BCUT2D eigenvalue weighted by Crippen LogP contribution is 2.26. The number of rotatable bonds is 5. The molecule has 5 rings (SSSR count). The Kier molecular flexibility index (Phi) is 5.88. The molecule has 0 bridgehead atoms. The molecular weight excluding hydrogens is 410 g/mol. The molecule has 1 unspecified atom stereocenters. The van der Waals surface area contributed by atoms with Gasteiger partial charge in [-0.1, -0.05) is 48.5 Å². The van der Waals surface area contributed by atoms with Crippen molar-refractivity contribution in [2.45, 2.75) is 12.5 Å². The summed E-state index contributed by atoms with van der Waals surface area (Å²) in [6.45, 7) is 2.94. The molecule has 1 aromatic heterocycles.